The summed E-state index contributed by atoms with van der Waals surface area (Å²) in [5.74, 6) is 0.815. The fourth-order valence-corrected chi connectivity index (χ4v) is 2.50. The van der Waals surface area contributed by atoms with E-state index in [9.17, 15) is 4.79 Å². The van der Waals surface area contributed by atoms with E-state index in [4.69, 9.17) is 16.3 Å². The summed E-state index contributed by atoms with van der Waals surface area (Å²) in [5, 5.41) is 3.64. The Kier molecular flexibility index (Phi) is 6.58. The van der Waals surface area contributed by atoms with Gasteiger partial charge < -0.3 is 15.0 Å². The number of rotatable bonds is 7. The number of benzene rings is 1. The highest BCUT2D eigenvalue weighted by Gasteiger charge is 2.15. The van der Waals surface area contributed by atoms with Gasteiger partial charge in [-0.15, -0.1) is 0 Å². The maximum absolute atomic E-state index is 12.5. The fourth-order valence-electron chi connectivity index (χ4n) is 2.32. The molecule has 1 aromatic heterocycles. The molecule has 2 rings (SSSR count). The SMILES string of the molecule is CCCCN(C)C(=O)c1cc(C)nc(Nc2cc(Cl)ccc2OC)n1. The van der Waals surface area contributed by atoms with Crippen LogP contribution < -0.4 is 10.1 Å². The molecule has 0 aliphatic carbocycles. The number of hydrogen-bond donors (Lipinski definition) is 1. The summed E-state index contributed by atoms with van der Waals surface area (Å²) in [6.07, 6.45) is 1.99. The lowest BCUT2D eigenvalue weighted by atomic mass is 10.2. The fraction of sp³-hybridized carbons (Fsp3) is 0.389. The Bertz CT molecular complexity index is 752. The first-order chi connectivity index (χ1) is 11.9. The molecular weight excluding hydrogens is 340 g/mol. The number of amides is 1. The molecule has 0 fully saturated rings. The molecule has 1 heterocycles. The van der Waals surface area contributed by atoms with Crippen LogP contribution >= 0.6 is 11.6 Å². The van der Waals surface area contributed by atoms with Gasteiger partial charge in [0.2, 0.25) is 5.95 Å². The summed E-state index contributed by atoms with van der Waals surface area (Å²) in [6.45, 7) is 4.61. The standard InChI is InChI=1S/C18H23ClN4O2/c1-5-6-9-23(3)17(24)15-10-12(2)20-18(22-15)21-14-11-13(19)7-8-16(14)25-4/h7-8,10-11H,5-6,9H2,1-4H3,(H,20,21,22). The van der Waals surface area contributed by atoms with E-state index in [-0.39, 0.29) is 5.91 Å². The van der Waals surface area contributed by atoms with Crippen LogP contribution in [0, 0.1) is 6.92 Å². The maximum Gasteiger partial charge on any atom is 0.272 e. The zero-order valence-corrected chi connectivity index (χ0v) is 15.7. The number of halogens is 1. The Hall–Kier alpha value is -2.34. The van der Waals surface area contributed by atoms with Gasteiger partial charge in [0, 0.05) is 24.3 Å². The lowest BCUT2D eigenvalue weighted by Crippen LogP contribution is -2.28. The van der Waals surface area contributed by atoms with Crippen LogP contribution in [0.1, 0.15) is 35.9 Å². The minimum Gasteiger partial charge on any atom is -0.495 e. The van der Waals surface area contributed by atoms with Gasteiger partial charge in [-0.1, -0.05) is 24.9 Å². The predicted molar refractivity (Wildman–Crippen MR) is 99.9 cm³/mol. The quantitative estimate of drug-likeness (QED) is 0.804. The van der Waals surface area contributed by atoms with Crippen molar-refractivity contribution in [3.8, 4) is 5.75 Å². The smallest absolute Gasteiger partial charge is 0.272 e. The topological polar surface area (TPSA) is 67.4 Å². The Labute approximate surface area is 153 Å². The number of methoxy groups -OCH3 is 1. The lowest BCUT2D eigenvalue weighted by molar-refractivity contribution is 0.0787. The first-order valence-corrected chi connectivity index (χ1v) is 8.54. The minimum absolute atomic E-state index is 0.125. The monoisotopic (exact) mass is 362 g/mol. The van der Waals surface area contributed by atoms with Crippen LogP contribution in [0.4, 0.5) is 11.6 Å². The highest BCUT2D eigenvalue weighted by Crippen LogP contribution is 2.29. The Morgan fingerprint density at radius 2 is 2.08 bits per heavy atom. The summed E-state index contributed by atoms with van der Waals surface area (Å²) in [7, 11) is 3.35. The van der Waals surface area contributed by atoms with Gasteiger partial charge in [-0.05, 0) is 37.6 Å². The van der Waals surface area contributed by atoms with Crippen molar-refractivity contribution < 1.29 is 9.53 Å². The third-order valence-corrected chi connectivity index (χ3v) is 3.91. The number of aryl methyl sites for hydroxylation is 1. The predicted octanol–water partition coefficient (Wildman–Crippen LogP) is 4.06. The summed E-state index contributed by atoms with van der Waals surface area (Å²) in [6, 6.07) is 6.90. The number of carbonyl (C=O) groups excluding carboxylic acids is 1. The van der Waals surface area contributed by atoms with Crippen molar-refractivity contribution in [3.05, 3.63) is 40.7 Å². The van der Waals surface area contributed by atoms with E-state index in [1.54, 1.807) is 43.3 Å². The van der Waals surface area contributed by atoms with Crippen molar-refractivity contribution in [1.82, 2.24) is 14.9 Å². The van der Waals surface area contributed by atoms with Crippen LogP contribution in [0.2, 0.25) is 5.02 Å². The van der Waals surface area contributed by atoms with Gasteiger partial charge in [0.25, 0.3) is 5.91 Å². The molecule has 0 aliphatic heterocycles. The van der Waals surface area contributed by atoms with Gasteiger partial charge in [0.05, 0.1) is 12.8 Å². The van der Waals surface area contributed by atoms with E-state index < -0.39 is 0 Å². The van der Waals surface area contributed by atoms with Gasteiger partial charge in [-0.25, -0.2) is 9.97 Å². The summed E-state index contributed by atoms with van der Waals surface area (Å²) >= 11 is 6.05. The number of unbranched alkanes of at least 4 members (excludes halogenated alkanes) is 1. The Morgan fingerprint density at radius 3 is 2.76 bits per heavy atom. The largest absolute Gasteiger partial charge is 0.495 e. The third-order valence-electron chi connectivity index (χ3n) is 3.68. The van der Waals surface area contributed by atoms with Crippen LogP contribution in [0.5, 0.6) is 5.75 Å². The van der Waals surface area contributed by atoms with E-state index in [2.05, 4.69) is 22.2 Å². The number of nitrogens with one attached hydrogen (secondary N) is 1. The summed E-state index contributed by atoms with van der Waals surface area (Å²) in [5.41, 5.74) is 1.69. The van der Waals surface area contributed by atoms with Gasteiger partial charge >= 0.3 is 0 Å². The van der Waals surface area contributed by atoms with E-state index in [0.29, 0.717) is 40.3 Å². The Balaban J connectivity index is 2.27. The van der Waals surface area contributed by atoms with E-state index in [0.717, 1.165) is 12.8 Å². The van der Waals surface area contributed by atoms with Gasteiger partial charge in [0.15, 0.2) is 0 Å². The first-order valence-electron chi connectivity index (χ1n) is 8.16. The minimum atomic E-state index is -0.125. The van der Waals surface area contributed by atoms with Gasteiger partial charge in [-0.3, -0.25) is 4.79 Å². The van der Waals surface area contributed by atoms with Crippen LogP contribution in [-0.4, -0.2) is 41.5 Å². The zero-order chi connectivity index (χ0) is 18.4. The number of aromatic nitrogens is 2. The number of carbonyl (C=O) groups is 1. The van der Waals surface area contributed by atoms with Crippen LogP contribution in [0.25, 0.3) is 0 Å². The second kappa shape index (κ2) is 8.67. The van der Waals surface area contributed by atoms with Crippen LogP contribution in [-0.2, 0) is 0 Å². The average molecular weight is 363 g/mol. The summed E-state index contributed by atoms with van der Waals surface area (Å²) in [4.78, 5) is 22.9. The molecule has 25 heavy (non-hydrogen) atoms. The molecule has 134 valence electrons. The second-order valence-corrected chi connectivity index (χ2v) is 6.20. The van der Waals surface area contributed by atoms with Crippen LogP contribution in [0.15, 0.2) is 24.3 Å². The van der Waals surface area contributed by atoms with Crippen LogP contribution in [0.3, 0.4) is 0 Å². The van der Waals surface area contributed by atoms with Gasteiger partial charge in [-0.2, -0.15) is 0 Å². The van der Waals surface area contributed by atoms with Crippen molar-refractivity contribution >= 4 is 29.1 Å². The summed E-state index contributed by atoms with van der Waals surface area (Å²) < 4.78 is 5.31. The molecule has 0 aliphatic rings. The molecule has 0 saturated heterocycles. The number of anilines is 2. The molecule has 1 amide bonds. The molecule has 7 heteroatoms. The molecule has 1 N–H and O–H groups in total. The van der Waals surface area contributed by atoms with E-state index >= 15 is 0 Å². The molecule has 0 spiro atoms. The highest BCUT2D eigenvalue weighted by molar-refractivity contribution is 6.31. The van der Waals surface area contributed by atoms with Gasteiger partial charge in [0.1, 0.15) is 11.4 Å². The van der Waals surface area contributed by atoms with Crippen molar-refractivity contribution in [2.24, 2.45) is 0 Å². The number of ether oxygens (including phenoxy) is 1. The normalized spacial score (nSPS) is 10.4. The number of hydrogen-bond acceptors (Lipinski definition) is 5. The molecule has 0 unspecified atom stereocenters. The molecule has 1 aromatic carbocycles. The zero-order valence-electron chi connectivity index (χ0n) is 15.0. The molecule has 6 nitrogen and oxygen atoms in total. The maximum atomic E-state index is 12.5. The molecule has 0 saturated carbocycles. The molecule has 0 atom stereocenters. The number of nitrogens with zero attached hydrogens (tertiary/aromatic N) is 3. The Morgan fingerprint density at radius 1 is 1.32 bits per heavy atom. The molecule has 0 bridgehead atoms. The second-order valence-electron chi connectivity index (χ2n) is 5.77. The molecule has 0 radical (unpaired) electrons. The lowest BCUT2D eigenvalue weighted by Gasteiger charge is -2.17. The molecular formula is C18H23ClN4O2. The average Bonchev–Trinajstić information content (AvgIpc) is 2.58. The molecule has 2 aromatic rings. The highest BCUT2D eigenvalue weighted by atomic mass is 35.5. The first kappa shape index (κ1) is 19.0. The van der Waals surface area contributed by atoms with Crippen molar-refractivity contribution in [2.75, 3.05) is 26.0 Å². The van der Waals surface area contributed by atoms with Crippen molar-refractivity contribution in [3.63, 3.8) is 0 Å². The van der Waals surface area contributed by atoms with Crippen molar-refractivity contribution in [1.29, 1.82) is 0 Å². The van der Waals surface area contributed by atoms with E-state index in [1.165, 1.54) is 0 Å². The third kappa shape index (κ3) is 5.06. The van der Waals surface area contributed by atoms with Crippen molar-refractivity contribution in [2.45, 2.75) is 26.7 Å². The van der Waals surface area contributed by atoms with E-state index in [1.807, 2.05) is 6.92 Å².